The lowest BCUT2D eigenvalue weighted by Crippen LogP contribution is -2.51. The third kappa shape index (κ3) is 8.37. The fourth-order valence-corrected chi connectivity index (χ4v) is 7.16. The van der Waals surface area contributed by atoms with Crippen LogP contribution in [0.3, 0.4) is 0 Å². The number of rotatable bonds is 11. The van der Waals surface area contributed by atoms with Crippen molar-refractivity contribution in [1.29, 1.82) is 5.41 Å². The number of halogens is 7. The van der Waals surface area contributed by atoms with Gasteiger partial charge in [-0.25, -0.2) is 27.5 Å². The Morgan fingerprint density at radius 1 is 1.14 bits per heavy atom. The first-order valence-electron chi connectivity index (χ1n) is 16.7. The monoisotopic (exact) mass is 718 g/mol. The van der Waals surface area contributed by atoms with E-state index < -0.39 is 91.5 Å². The molecule has 1 aliphatic heterocycles. The number of nitrogens with zero attached hydrogens (tertiary/aromatic N) is 4. The molecule has 5 rings (SSSR count). The zero-order valence-corrected chi connectivity index (χ0v) is 27.7. The second-order valence-electron chi connectivity index (χ2n) is 13.5. The maximum Gasteiger partial charge on any atom is 0.393 e. The number of methoxy groups -OCH3 is 1. The first-order chi connectivity index (χ1) is 23.5. The number of aromatic amines is 1. The topological polar surface area (TPSA) is 150 Å². The minimum absolute atomic E-state index is 0.0852. The molecule has 3 fully saturated rings. The van der Waals surface area contributed by atoms with Crippen molar-refractivity contribution in [2.45, 2.75) is 107 Å². The van der Waals surface area contributed by atoms with Crippen LogP contribution in [-0.4, -0.2) is 80.3 Å². The number of amides is 2. The number of carbonyl (C=O) groups excluding carboxylic acids is 2. The van der Waals surface area contributed by atoms with E-state index in [2.05, 4.69) is 30.7 Å². The molecule has 2 amide bonds. The highest BCUT2D eigenvalue weighted by molar-refractivity contribution is 6.44. The van der Waals surface area contributed by atoms with Crippen LogP contribution in [0.15, 0.2) is 23.5 Å². The molecule has 2 aliphatic carbocycles. The molecular weight excluding hydrogens is 677 g/mol. The van der Waals surface area contributed by atoms with Gasteiger partial charge in [0, 0.05) is 64.4 Å². The van der Waals surface area contributed by atoms with Crippen LogP contribution in [0, 0.1) is 23.2 Å². The summed E-state index contributed by atoms with van der Waals surface area (Å²) >= 11 is 0. The van der Waals surface area contributed by atoms with E-state index in [4.69, 9.17) is 10.1 Å². The van der Waals surface area contributed by atoms with Crippen molar-refractivity contribution in [1.82, 2.24) is 30.4 Å². The van der Waals surface area contributed by atoms with Gasteiger partial charge in [0.1, 0.15) is 11.3 Å². The van der Waals surface area contributed by atoms with E-state index in [0.29, 0.717) is 12.2 Å². The maximum absolute atomic E-state index is 14.3. The summed E-state index contributed by atoms with van der Waals surface area (Å²) in [5.41, 5.74) is -1.51. The van der Waals surface area contributed by atoms with Crippen LogP contribution in [0.1, 0.15) is 93.4 Å². The molecule has 0 aromatic carbocycles. The molecule has 0 bridgehead atoms. The number of aryl methyl sites for hydroxylation is 1. The van der Waals surface area contributed by atoms with Gasteiger partial charge in [0.05, 0.1) is 35.3 Å². The smallest absolute Gasteiger partial charge is 0.372 e. The number of ether oxygens (including phenoxy) is 1. The standard InChI is InChI=1S/C32H41F7N8O3/c1-3-47-23(6-13-43-47)27(49)45-24(18-4-7-30(33,34)8-5-18)22-17-42-28(44-22)46-25(29(50-2)9-11-31(35,36)12-10-29)21(40)15-19-14-20(32(37,38)39)16-41-26(19)48/h6,13,17-20,24,40H,3-5,7-12,14-16H2,1-2H3,(H,41,48)(H,42,44)(H,45,49)/b40-21?,46-25+/t19-,20-,24+/m1/s1. The second-order valence-corrected chi connectivity index (χ2v) is 13.5. The summed E-state index contributed by atoms with van der Waals surface area (Å²) in [6.45, 7) is 1.62. The van der Waals surface area contributed by atoms with Gasteiger partial charge in [-0.3, -0.25) is 14.3 Å². The fraction of sp³-hybridized carbons (Fsp3) is 0.688. The molecule has 2 aromatic heterocycles. The van der Waals surface area contributed by atoms with Crippen molar-refractivity contribution in [3.8, 4) is 0 Å². The van der Waals surface area contributed by atoms with Crippen LogP contribution >= 0.6 is 0 Å². The van der Waals surface area contributed by atoms with Gasteiger partial charge in [-0.15, -0.1) is 0 Å². The lowest BCUT2D eigenvalue weighted by atomic mass is 9.75. The van der Waals surface area contributed by atoms with Crippen LogP contribution in [0.25, 0.3) is 0 Å². The van der Waals surface area contributed by atoms with E-state index in [1.807, 2.05) is 0 Å². The summed E-state index contributed by atoms with van der Waals surface area (Å²) in [7, 11) is 1.26. The molecule has 4 N–H and O–H groups in total. The van der Waals surface area contributed by atoms with Gasteiger partial charge in [-0.05, 0) is 51.0 Å². The number of carbonyl (C=O) groups is 2. The molecule has 11 nitrogen and oxygen atoms in total. The largest absolute Gasteiger partial charge is 0.393 e. The van der Waals surface area contributed by atoms with Crippen molar-refractivity contribution < 1.29 is 45.1 Å². The number of aromatic nitrogens is 4. The number of nitrogens with one attached hydrogen (secondary N) is 4. The molecule has 3 heterocycles. The highest BCUT2D eigenvalue weighted by Crippen LogP contribution is 2.44. The predicted octanol–water partition coefficient (Wildman–Crippen LogP) is 6.31. The van der Waals surface area contributed by atoms with Crippen molar-refractivity contribution in [3.63, 3.8) is 0 Å². The molecule has 0 spiro atoms. The minimum Gasteiger partial charge on any atom is -0.372 e. The number of hydrogen-bond acceptors (Lipinski definition) is 7. The van der Waals surface area contributed by atoms with Gasteiger partial charge in [0.15, 0.2) is 0 Å². The van der Waals surface area contributed by atoms with Crippen molar-refractivity contribution in [3.05, 3.63) is 29.8 Å². The van der Waals surface area contributed by atoms with Gasteiger partial charge in [0.2, 0.25) is 23.7 Å². The summed E-state index contributed by atoms with van der Waals surface area (Å²) in [5.74, 6) is -10.6. The van der Waals surface area contributed by atoms with E-state index in [0.717, 1.165) is 0 Å². The third-order valence-electron chi connectivity index (χ3n) is 10.2. The average Bonchev–Trinajstić information content (AvgIpc) is 3.74. The van der Waals surface area contributed by atoms with Crippen LogP contribution in [0.4, 0.5) is 36.7 Å². The summed E-state index contributed by atoms with van der Waals surface area (Å²) in [5, 5.41) is 18.2. The van der Waals surface area contributed by atoms with E-state index >= 15 is 0 Å². The van der Waals surface area contributed by atoms with Gasteiger partial charge < -0.3 is 25.8 Å². The molecule has 18 heteroatoms. The summed E-state index contributed by atoms with van der Waals surface area (Å²) < 4.78 is 105. The second kappa shape index (κ2) is 14.4. The highest BCUT2D eigenvalue weighted by atomic mass is 19.4. The van der Waals surface area contributed by atoms with Gasteiger partial charge in [-0.2, -0.15) is 18.3 Å². The average molecular weight is 719 g/mol. The first kappa shape index (κ1) is 37.4. The molecule has 276 valence electrons. The zero-order valence-electron chi connectivity index (χ0n) is 27.7. The van der Waals surface area contributed by atoms with Crippen LogP contribution < -0.4 is 10.6 Å². The SMILES string of the molecule is CCn1nccc1C(=O)N[C@H](c1cnc(/N=C(\C(=N)C[C@H]2C[C@@H](C(F)(F)F)CNC2=O)C2(OC)CCC(F)(F)CC2)[nH]1)C1CCC(F)(F)CC1. The molecule has 0 radical (unpaired) electrons. The van der Waals surface area contributed by atoms with Crippen LogP contribution in [0.5, 0.6) is 0 Å². The molecule has 2 aromatic rings. The van der Waals surface area contributed by atoms with E-state index in [9.17, 15) is 40.3 Å². The number of aliphatic imine (C=N–C) groups is 1. The molecule has 3 aliphatic rings. The van der Waals surface area contributed by atoms with Crippen LogP contribution in [-0.2, 0) is 16.1 Å². The lowest BCUT2D eigenvalue weighted by molar-refractivity contribution is -0.183. The number of alkyl halides is 7. The Bertz CT molecular complexity index is 1570. The third-order valence-corrected chi connectivity index (χ3v) is 10.2. The van der Waals surface area contributed by atoms with Crippen molar-refractivity contribution in [2.24, 2.45) is 22.7 Å². The Morgan fingerprint density at radius 3 is 2.42 bits per heavy atom. The maximum atomic E-state index is 14.3. The first-order valence-corrected chi connectivity index (χ1v) is 16.7. The Hall–Kier alpha value is -3.83. The van der Waals surface area contributed by atoms with Gasteiger partial charge in [0.25, 0.3) is 5.91 Å². The summed E-state index contributed by atoms with van der Waals surface area (Å²) in [4.78, 5) is 37.8. The molecule has 50 heavy (non-hydrogen) atoms. The lowest BCUT2D eigenvalue weighted by Gasteiger charge is -2.40. The van der Waals surface area contributed by atoms with Gasteiger partial charge >= 0.3 is 6.18 Å². The Kier molecular flexibility index (Phi) is 10.8. The zero-order chi connectivity index (χ0) is 36.5. The van der Waals surface area contributed by atoms with Crippen molar-refractivity contribution >= 4 is 29.2 Å². The fourth-order valence-electron chi connectivity index (χ4n) is 7.16. The van der Waals surface area contributed by atoms with Crippen molar-refractivity contribution in [2.75, 3.05) is 13.7 Å². The molecule has 2 saturated carbocycles. The molecule has 0 unspecified atom stereocenters. The van der Waals surface area contributed by atoms with Gasteiger partial charge in [-0.1, -0.05) is 0 Å². The minimum atomic E-state index is -4.57. The Balaban J connectivity index is 1.48. The molecule has 1 saturated heterocycles. The summed E-state index contributed by atoms with van der Waals surface area (Å²) in [6, 6.07) is 0.695. The number of H-pyrrole nitrogens is 1. The van der Waals surface area contributed by atoms with E-state index in [1.54, 1.807) is 6.92 Å². The Morgan fingerprint density at radius 2 is 1.80 bits per heavy atom. The summed E-state index contributed by atoms with van der Waals surface area (Å²) in [6.07, 6.45) is -5.15. The highest BCUT2D eigenvalue weighted by Gasteiger charge is 2.50. The van der Waals surface area contributed by atoms with Crippen LogP contribution in [0.2, 0.25) is 0 Å². The number of hydrogen-bond donors (Lipinski definition) is 4. The quantitative estimate of drug-likeness (QED) is 0.159. The Labute approximate surface area is 283 Å². The normalized spacial score (nSPS) is 24.7. The molecule has 3 atom stereocenters. The van der Waals surface area contributed by atoms with E-state index in [-0.39, 0.29) is 61.6 Å². The number of piperidine rings is 1. The predicted molar refractivity (Wildman–Crippen MR) is 167 cm³/mol. The molecular formula is C32H41F7N8O3. The van der Waals surface area contributed by atoms with E-state index in [1.165, 1.54) is 30.3 Å². The number of imidazole rings is 1.